The van der Waals surface area contributed by atoms with E-state index in [0.717, 1.165) is 0 Å². The molecule has 0 aliphatic rings. The van der Waals surface area contributed by atoms with Crippen molar-refractivity contribution in [3.8, 4) is 5.69 Å². The van der Waals surface area contributed by atoms with Crippen molar-refractivity contribution in [3.05, 3.63) is 46.5 Å². The van der Waals surface area contributed by atoms with Crippen molar-refractivity contribution in [2.45, 2.75) is 6.92 Å². The molecule has 0 aliphatic carbocycles. The lowest BCUT2D eigenvalue weighted by molar-refractivity contribution is -0.383. The van der Waals surface area contributed by atoms with Crippen LogP contribution in [0.1, 0.15) is 5.82 Å². The van der Waals surface area contributed by atoms with Gasteiger partial charge in [0, 0.05) is 12.4 Å². The van der Waals surface area contributed by atoms with Gasteiger partial charge in [0.25, 0.3) is 0 Å². The van der Waals surface area contributed by atoms with Crippen LogP contribution in [0.2, 0.25) is 0 Å². The van der Waals surface area contributed by atoms with Gasteiger partial charge in [-0.2, -0.15) is 0 Å². The van der Waals surface area contributed by atoms with Gasteiger partial charge in [-0.25, -0.2) is 4.98 Å². The number of anilines is 1. The zero-order chi connectivity index (χ0) is 11.7. The lowest BCUT2D eigenvalue weighted by Gasteiger charge is -2.07. The largest absolute Gasteiger partial charge is 0.393 e. The van der Waals surface area contributed by atoms with Crippen LogP contribution in [0.25, 0.3) is 5.69 Å². The van der Waals surface area contributed by atoms with E-state index in [9.17, 15) is 10.1 Å². The maximum atomic E-state index is 10.9. The summed E-state index contributed by atoms with van der Waals surface area (Å²) in [5.74, 6) is 0.675. The van der Waals surface area contributed by atoms with Crippen LogP contribution in [0, 0.1) is 17.0 Å². The summed E-state index contributed by atoms with van der Waals surface area (Å²) in [6, 6.07) is 4.83. The van der Waals surface area contributed by atoms with Crippen LogP contribution in [0.15, 0.2) is 30.6 Å². The van der Waals surface area contributed by atoms with Crippen LogP contribution in [0.3, 0.4) is 0 Å². The van der Waals surface area contributed by atoms with E-state index in [0.29, 0.717) is 11.5 Å². The fourth-order valence-corrected chi connectivity index (χ4v) is 1.57. The molecule has 0 unspecified atom stereocenters. The molecule has 0 saturated heterocycles. The van der Waals surface area contributed by atoms with Crippen molar-refractivity contribution in [2.24, 2.45) is 0 Å². The molecule has 1 heterocycles. The molecule has 0 amide bonds. The minimum absolute atomic E-state index is 0.0939. The predicted octanol–water partition coefficient (Wildman–Crippen LogP) is 1.67. The minimum Gasteiger partial charge on any atom is -0.393 e. The Kier molecular flexibility index (Phi) is 2.32. The average molecular weight is 218 g/mol. The van der Waals surface area contributed by atoms with Gasteiger partial charge in [-0.1, -0.05) is 6.07 Å². The number of nitro groups is 1. The van der Waals surface area contributed by atoms with E-state index in [4.69, 9.17) is 5.73 Å². The predicted molar refractivity (Wildman–Crippen MR) is 59.4 cm³/mol. The quantitative estimate of drug-likeness (QED) is 0.472. The molecular weight excluding hydrogens is 208 g/mol. The van der Waals surface area contributed by atoms with Gasteiger partial charge in [0.1, 0.15) is 17.2 Å². The molecule has 6 heteroatoms. The first-order chi connectivity index (χ1) is 7.61. The monoisotopic (exact) mass is 218 g/mol. The molecule has 82 valence electrons. The lowest BCUT2D eigenvalue weighted by Crippen LogP contribution is -2.04. The van der Waals surface area contributed by atoms with E-state index in [1.165, 1.54) is 6.07 Å². The van der Waals surface area contributed by atoms with E-state index in [2.05, 4.69) is 4.98 Å². The number of rotatable bonds is 2. The molecule has 0 bridgehead atoms. The second kappa shape index (κ2) is 3.65. The van der Waals surface area contributed by atoms with Crippen LogP contribution in [0.4, 0.5) is 11.4 Å². The third kappa shape index (κ3) is 1.50. The molecule has 1 aromatic carbocycles. The molecule has 0 atom stereocenters. The normalized spacial score (nSPS) is 10.3. The van der Waals surface area contributed by atoms with Gasteiger partial charge in [0.05, 0.1) is 4.92 Å². The number of para-hydroxylation sites is 1. The molecule has 0 fully saturated rings. The Morgan fingerprint density at radius 2 is 2.25 bits per heavy atom. The van der Waals surface area contributed by atoms with E-state index in [1.54, 1.807) is 36.0 Å². The van der Waals surface area contributed by atoms with Crippen LogP contribution >= 0.6 is 0 Å². The summed E-state index contributed by atoms with van der Waals surface area (Å²) in [6.45, 7) is 1.77. The van der Waals surface area contributed by atoms with E-state index in [-0.39, 0.29) is 11.4 Å². The van der Waals surface area contributed by atoms with E-state index >= 15 is 0 Å². The summed E-state index contributed by atoms with van der Waals surface area (Å²) >= 11 is 0. The number of nitrogens with two attached hydrogens (primary N) is 1. The average Bonchev–Trinajstić information content (AvgIpc) is 2.63. The highest BCUT2D eigenvalue weighted by Crippen LogP contribution is 2.29. The first kappa shape index (κ1) is 10.2. The number of aryl methyl sites for hydroxylation is 1. The maximum Gasteiger partial charge on any atom is 0.315 e. The van der Waals surface area contributed by atoms with E-state index < -0.39 is 4.92 Å². The molecule has 6 nitrogen and oxygen atoms in total. The standard InChI is InChI=1S/C10H10N4O2/c1-7-12-5-6-13(7)9-4-2-3-8(11)10(9)14(15)16/h2-6H,11H2,1H3. The van der Waals surface area contributed by atoms with Gasteiger partial charge >= 0.3 is 5.69 Å². The Morgan fingerprint density at radius 1 is 1.50 bits per heavy atom. The van der Waals surface area contributed by atoms with Crippen LogP contribution in [-0.4, -0.2) is 14.5 Å². The van der Waals surface area contributed by atoms with Crippen molar-refractivity contribution in [2.75, 3.05) is 5.73 Å². The molecular formula is C10H10N4O2. The Balaban J connectivity index is 2.70. The minimum atomic E-state index is -0.482. The Morgan fingerprint density at radius 3 is 2.81 bits per heavy atom. The zero-order valence-corrected chi connectivity index (χ0v) is 8.62. The number of nitrogen functional groups attached to an aromatic ring is 1. The van der Waals surface area contributed by atoms with Crippen molar-refractivity contribution in [3.63, 3.8) is 0 Å². The van der Waals surface area contributed by atoms with Gasteiger partial charge in [-0.05, 0) is 19.1 Å². The second-order valence-corrected chi connectivity index (χ2v) is 3.32. The molecule has 2 aromatic rings. The summed E-state index contributed by atoms with van der Waals surface area (Å²) in [7, 11) is 0. The van der Waals surface area contributed by atoms with Crippen LogP contribution in [-0.2, 0) is 0 Å². The number of nitro benzene ring substituents is 1. The summed E-state index contributed by atoms with van der Waals surface area (Å²) in [5, 5.41) is 10.9. The fourth-order valence-electron chi connectivity index (χ4n) is 1.57. The summed E-state index contributed by atoms with van der Waals surface area (Å²) in [5.41, 5.74) is 6.09. The van der Waals surface area contributed by atoms with Crippen LogP contribution < -0.4 is 5.73 Å². The Labute approximate surface area is 91.5 Å². The molecule has 16 heavy (non-hydrogen) atoms. The number of hydrogen-bond donors (Lipinski definition) is 1. The first-order valence-electron chi connectivity index (χ1n) is 4.64. The zero-order valence-electron chi connectivity index (χ0n) is 8.62. The summed E-state index contributed by atoms with van der Waals surface area (Å²) in [4.78, 5) is 14.5. The van der Waals surface area contributed by atoms with Gasteiger partial charge < -0.3 is 5.73 Å². The molecule has 2 N–H and O–H groups in total. The summed E-state index contributed by atoms with van der Waals surface area (Å²) < 4.78 is 1.63. The van der Waals surface area contributed by atoms with Crippen molar-refractivity contribution < 1.29 is 4.92 Å². The van der Waals surface area contributed by atoms with Crippen molar-refractivity contribution in [1.82, 2.24) is 9.55 Å². The Hall–Kier alpha value is -2.37. The molecule has 2 rings (SSSR count). The second-order valence-electron chi connectivity index (χ2n) is 3.32. The number of benzene rings is 1. The Bertz CT molecular complexity index is 548. The third-order valence-electron chi connectivity index (χ3n) is 2.31. The highest BCUT2D eigenvalue weighted by atomic mass is 16.6. The van der Waals surface area contributed by atoms with Gasteiger partial charge in [-0.3, -0.25) is 14.7 Å². The fraction of sp³-hybridized carbons (Fsp3) is 0.100. The number of nitrogens with zero attached hydrogens (tertiary/aromatic N) is 3. The molecule has 0 saturated carbocycles. The third-order valence-corrected chi connectivity index (χ3v) is 2.31. The maximum absolute atomic E-state index is 10.9. The first-order valence-corrected chi connectivity index (χ1v) is 4.64. The van der Waals surface area contributed by atoms with Gasteiger partial charge in [0.2, 0.25) is 0 Å². The molecule has 0 aliphatic heterocycles. The van der Waals surface area contributed by atoms with Crippen LogP contribution in [0.5, 0.6) is 0 Å². The number of imidazole rings is 1. The number of aromatic nitrogens is 2. The van der Waals surface area contributed by atoms with Gasteiger partial charge in [-0.15, -0.1) is 0 Å². The molecule has 0 spiro atoms. The lowest BCUT2D eigenvalue weighted by atomic mass is 10.2. The number of hydrogen-bond acceptors (Lipinski definition) is 4. The van der Waals surface area contributed by atoms with Crippen molar-refractivity contribution in [1.29, 1.82) is 0 Å². The highest BCUT2D eigenvalue weighted by molar-refractivity contribution is 5.69. The topological polar surface area (TPSA) is 87.0 Å². The summed E-state index contributed by atoms with van der Waals surface area (Å²) in [6.07, 6.45) is 3.25. The van der Waals surface area contributed by atoms with E-state index in [1.807, 2.05) is 0 Å². The highest BCUT2D eigenvalue weighted by Gasteiger charge is 2.19. The van der Waals surface area contributed by atoms with Crippen molar-refractivity contribution >= 4 is 11.4 Å². The smallest absolute Gasteiger partial charge is 0.315 e. The molecule has 0 radical (unpaired) electrons. The SMILES string of the molecule is Cc1nccn1-c1cccc(N)c1[N+](=O)[O-]. The molecule has 1 aromatic heterocycles. The van der Waals surface area contributed by atoms with Gasteiger partial charge in [0.15, 0.2) is 0 Å².